The molecule has 0 unspecified atom stereocenters. The Morgan fingerprint density at radius 2 is 1.95 bits per heavy atom. The van der Waals surface area contributed by atoms with E-state index in [1.54, 1.807) is 0 Å². The third-order valence-corrected chi connectivity index (χ3v) is 4.61. The zero-order chi connectivity index (χ0) is 13.9. The molecule has 0 saturated carbocycles. The molecular weight excluding hydrogens is 238 g/mol. The van der Waals surface area contributed by atoms with Crippen LogP contribution in [0.3, 0.4) is 0 Å². The molecule has 5 nitrogen and oxygen atoms in total. The van der Waals surface area contributed by atoms with Crippen molar-refractivity contribution in [1.82, 2.24) is 15.2 Å². The number of nitrogens with one attached hydrogen (secondary N) is 1. The highest BCUT2D eigenvalue weighted by Crippen LogP contribution is 2.31. The number of nitrogens with two attached hydrogens (primary N) is 1. The van der Waals surface area contributed by atoms with Crippen molar-refractivity contribution in [2.75, 3.05) is 24.5 Å². The number of nitrogens with zero attached hydrogens (tertiary/aromatic N) is 3. The zero-order valence-corrected chi connectivity index (χ0v) is 12.4. The Bertz CT molecular complexity index is 388. The van der Waals surface area contributed by atoms with Crippen molar-refractivity contribution in [3.05, 3.63) is 5.82 Å². The molecule has 2 heterocycles. The normalized spacial score (nSPS) is 19.1. The quantitative estimate of drug-likeness (QED) is 0.857. The van der Waals surface area contributed by atoms with Crippen LogP contribution >= 0.6 is 0 Å². The average Bonchev–Trinajstić information content (AvgIpc) is 2.91. The first-order valence-electron chi connectivity index (χ1n) is 7.49. The van der Waals surface area contributed by atoms with Gasteiger partial charge in [0.2, 0.25) is 5.95 Å². The van der Waals surface area contributed by atoms with E-state index < -0.39 is 0 Å². The highest BCUT2D eigenvalue weighted by Gasteiger charge is 2.30. The second-order valence-corrected chi connectivity index (χ2v) is 6.04. The fourth-order valence-corrected chi connectivity index (χ4v) is 2.72. The Hall–Kier alpha value is -1.10. The number of aromatic nitrogens is 3. The van der Waals surface area contributed by atoms with Crippen LogP contribution in [0.5, 0.6) is 0 Å². The van der Waals surface area contributed by atoms with Gasteiger partial charge < -0.3 is 10.6 Å². The van der Waals surface area contributed by atoms with Crippen molar-refractivity contribution >= 4 is 5.95 Å². The Balaban J connectivity index is 2.00. The minimum Gasteiger partial charge on any atom is -0.340 e. The first-order valence-corrected chi connectivity index (χ1v) is 7.49. The van der Waals surface area contributed by atoms with Gasteiger partial charge in [-0.2, -0.15) is 4.98 Å². The van der Waals surface area contributed by atoms with Gasteiger partial charge >= 0.3 is 0 Å². The van der Waals surface area contributed by atoms with Gasteiger partial charge in [-0.05, 0) is 37.6 Å². The maximum atomic E-state index is 5.85. The first kappa shape index (κ1) is 14.3. The van der Waals surface area contributed by atoms with Gasteiger partial charge in [0.15, 0.2) is 0 Å². The molecule has 5 heteroatoms. The summed E-state index contributed by atoms with van der Waals surface area (Å²) in [6.45, 7) is 9.46. The van der Waals surface area contributed by atoms with Crippen LogP contribution in [-0.2, 0) is 0 Å². The molecule has 1 aromatic rings. The Morgan fingerprint density at radius 3 is 2.47 bits per heavy atom. The molecule has 0 amide bonds. The number of rotatable bonds is 5. The number of piperidine rings is 1. The van der Waals surface area contributed by atoms with Crippen molar-refractivity contribution in [3.63, 3.8) is 0 Å². The third-order valence-electron chi connectivity index (χ3n) is 4.61. The monoisotopic (exact) mass is 265 g/mol. The lowest BCUT2D eigenvalue weighted by Gasteiger charge is -2.38. The summed E-state index contributed by atoms with van der Waals surface area (Å²) in [4.78, 5) is 6.96. The summed E-state index contributed by atoms with van der Waals surface area (Å²) in [7, 11) is 0. The van der Waals surface area contributed by atoms with Gasteiger partial charge in [0.1, 0.15) is 5.82 Å². The Morgan fingerprint density at radius 1 is 1.32 bits per heavy atom. The number of aromatic amines is 1. The summed E-state index contributed by atoms with van der Waals surface area (Å²) in [5.41, 5.74) is 6.14. The molecule has 1 saturated heterocycles. The molecule has 1 aliphatic rings. The van der Waals surface area contributed by atoms with E-state index in [2.05, 4.69) is 40.9 Å². The fourth-order valence-electron chi connectivity index (χ4n) is 2.72. The van der Waals surface area contributed by atoms with E-state index in [-0.39, 0.29) is 0 Å². The molecule has 3 N–H and O–H groups in total. The fraction of sp³-hybridized carbons (Fsp3) is 0.857. The standard InChI is InChI=1S/C14H27N5/c1-4-11(5-2)12-16-13(18-17-12)19-8-6-14(3,10-15)7-9-19/h11H,4-10,15H2,1-3H3,(H,16,17,18). The predicted octanol–water partition coefficient (Wildman–Crippen LogP) is 2.27. The van der Waals surface area contributed by atoms with Gasteiger partial charge in [-0.15, -0.1) is 5.10 Å². The van der Waals surface area contributed by atoms with Gasteiger partial charge in [0.05, 0.1) is 0 Å². The molecular formula is C14H27N5. The molecule has 0 aromatic carbocycles. The largest absolute Gasteiger partial charge is 0.340 e. The van der Waals surface area contributed by atoms with Crippen LogP contribution in [0.15, 0.2) is 0 Å². The van der Waals surface area contributed by atoms with Crippen molar-refractivity contribution in [1.29, 1.82) is 0 Å². The lowest BCUT2D eigenvalue weighted by molar-refractivity contribution is 0.257. The van der Waals surface area contributed by atoms with Crippen LogP contribution < -0.4 is 10.6 Å². The number of hydrogen-bond donors (Lipinski definition) is 2. The van der Waals surface area contributed by atoms with Gasteiger partial charge in [-0.1, -0.05) is 20.8 Å². The smallest absolute Gasteiger partial charge is 0.244 e. The Kier molecular flexibility index (Phi) is 4.45. The molecule has 0 atom stereocenters. The van der Waals surface area contributed by atoms with Crippen LogP contribution in [0.2, 0.25) is 0 Å². The molecule has 1 aliphatic heterocycles. The average molecular weight is 265 g/mol. The molecule has 1 fully saturated rings. The summed E-state index contributed by atoms with van der Waals surface area (Å²) in [6, 6.07) is 0. The lowest BCUT2D eigenvalue weighted by atomic mass is 9.81. The molecule has 19 heavy (non-hydrogen) atoms. The predicted molar refractivity (Wildman–Crippen MR) is 78.3 cm³/mol. The Labute approximate surface area is 116 Å². The second-order valence-electron chi connectivity index (χ2n) is 6.04. The van der Waals surface area contributed by atoms with E-state index in [9.17, 15) is 0 Å². The summed E-state index contributed by atoms with van der Waals surface area (Å²) in [6.07, 6.45) is 4.46. The maximum absolute atomic E-state index is 5.85. The summed E-state index contributed by atoms with van der Waals surface area (Å²) >= 11 is 0. The van der Waals surface area contributed by atoms with Crippen LogP contribution in [0.4, 0.5) is 5.95 Å². The molecule has 108 valence electrons. The van der Waals surface area contributed by atoms with E-state index in [1.807, 2.05) is 0 Å². The van der Waals surface area contributed by atoms with Crippen molar-refractivity contribution in [2.24, 2.45) is 11.1 Å². The molecule has 0 radical (unpaired) electrons. The van der Waals surface area contributed by atoms with E-state index in [4.69, 9.17) is 5.73 Å². The number of H-pyrrole nitrogens is 1. The van der Waals surface area contributed by atoms with Crippen LogP contribution in [0.25, 0.3) is 0 Å². The zero-order valence-electron chi connectivity index (χ0n) is 12.4. The first-order chi connectivity index (χ1) is 9.11. The topological polar surface area (TPSA) is 70.8 Å². The maximum Gasteiger partial charge on any atom is 0.244 e. The summed E-state index contributed by atoms with van der Waals surface area (Å²) < 4.78 is 0. The van der Waals surface area contributed by atoms with E-state index in [0.29, 0.717) is 11.3 Å². The molecule has 1 aromatic heterocycles. The van der Waals surface area contributed by atoms with Crippen molar-refractivity contribution in [3.8, 4) is 0 Å². The minimum atomic E-state index is 0.297. The van der Waals surface area contributed by atoms with E-state index >= 15 is 0 Å². The van der Waals surface area contributed by atoms with Gasteiger partial charge in [-0.3, -0.25) is 5.10 Å². The van der Waals surface area contributed by atoms with Crippen LogP contribution in [0, 0.1) is 5.41 Å². The van der Waals surface area contributed by atoms with Crippen LogP contribution in [-0.4, -0.2) is 34.8 Å². The summed E-state index contributed by atoms with van der Waals surface area (Å²) in [5.74, 6) is 2.40. The highest BCUT2D eigenvalue weighted by atomic mass is 15.4. The van der Waals surface area contributed by atoms with Gasteiger partial charge in [0, 0.05) is 19.0 Å². The number of anilines is 1. The molecule has 0 spiro atoms. The molecule has 0 aliphatic carbocycles. The third kappa shape index (κ3) is 3.08. The molecule has 2 rings (SSSR count). The second kappa shape index (κ2) is 5.90. The summed E-state index contributed by atoms with van der Waals surface area (Å²) in [5, 5.41) is 7.50. The van der Waals surface area contributed by atoms with E-state index in [0.717, 1.165) is 57.1 Å². The van der Waals surface area contributed by atoms with Crippen molar-refractivity contribution in [2.45, 2.75) is 52.4 Å². The van der Waals surface area contributed by atoms with Crippen LogP contribution in [0.1, 0.15) is 58.2 Å². The number of hydrogen-bond acceptors (Lipinski definition) is 4. The van der Waals surface area contributed by atoms with E-state index in [1.165, 1.54) is 0 Å². The molecule has 0 bridgehead atoms. The lowest BCUT2D eigenvalue weighted by Crippen LogP contribution is -2.42. The highest BCUT2D eigenvalue weighted by molar-refractivity contribution is 5.30. The van der Waals surface area contributed by atoms with Gasteiger partial charge in [-0.25, -0.2) is 0 Å². The van der Waals surface area contributed by atoms with Gasteiger partial charge in [0.25, 0.3) is 0 Å². The minimum absolute atomic E-state index is 0.297. The SMILES string of the molecule is CCC(CC)c1nc(N2CCC(C)(CN)CC2)n[nH]1. The van der Waals surface area contributed by atoms with Crippen molar-refractivity contribution < 1.29 is 0 Å².